The molecule has 0 spiro atoms. The van der Waals surface area contributed by atoms with Gasteiger partial charge in [-0.25, -0.2) is 0 Å². The van der Waals surface area contributed by atoms with Crippen molar-refractivity contribution in [2.45, 2.75) is 12.5 Å². The number of carboxylic acids is 1. The van der Waals surface area contributed by atoms with Gasteiger partial charge in [-0.05, 0) is 41.0 Å². The maximum atomic E-state index is 12.9. The Balaban J connectivity index is 1.57. The summed E-state index contributed by atoms with van der Waals surface area (Å²) in [4.78, 5) is 24.3. The summed E-state index contributed by atoms with van der Waals surface area (Å²) in [6.07, 6.45) is -0.334. The van der Waals surface area contributed by atoms with Crippen molar-refractivity contribution in [3.8, 4) is 22.7 Å². The van der Waals surface area contributed by atoms with Crippen LogP contribution in [0.1, 0.15) is 28.5 Å². The van der Waals surface area contributed by atoms with Gasteiger partial charge >= 0.3 is 5.97 Å². The van der Waals surface area contributed by atoms with Crippen LogP contribution in [0.2, 0.25) is 10.0 Å². The molecule has 3 aromatic carbocycles. The second-order valence-corrected chi connectivity index (χ2v) is 8.35. The number of halogens is 2. The van der Waals surface area contributed by atoms with Gasteiger partial charge in [0.2, 0.25) is 5.88 Å². The Hall–Kier alpha value is -3.81. The number of carbonyl (C=O) groups is 2. The zero-order valence-electron chi connectivity index (χ0n) is 17.7. The third-order valence-electron chi connectivity index (χ3n) is 5.16. The molecule has 0 fully saturated rings. The van der Waals surface area contributed by atoms with Crippen molar-refractivity contribution in [1.82, 2.24) is 15.1 Å². The second-order valence-electron chi connectivity index (χ2n) is 7.51. The minimum Gasteiger partial charge on any atom is -0.493 e. The Morgan fingerprint density at radius 2 is 1.68 bits per heavy atom. The van der Waals surface area contributed by atoms with E-state index in [4.69, 9.17) is 23.2 Å². The first-order chi connectivity index (χ1) is 16.3. The average Bonchev–Trinajstić information content (AvgIpc) is 3.20. The Bertz CT molecular complexity index is 1350. The number of para-hydroxylation sites is 1. The van der Waals surface area contributed by atoms with Crippen molar-refractivity contribution in [3.05, 3.63) is 100 Å². The highest BCUT2D eigenvalue weighted by Gasteiger charge is 2.22. The zero-order chi connectivity index (χ0) is 24.2. The fourth-order valence-corrected chi connectivity index (χ4v) is 3.92. The molecule has 1 amide bonds. The number of nitrogens with zero attached hydrogens (tertiary/aromatic N) is 2. The normalized spacial score (nSPS) is 11.7. The van der Waals surface area contributed by atoms with Gasteiger partial charge in [0.05, 0.1) is 23.2 Å². The van der Waals surface area contributed by atoms with E-state index in [1.165, 1.54) is 6.07 Å². The van der Waals surface area contributed by atoms with Crippen LogP contribution in [0.4, 0.5) is 0 Å². The van der Waals surface area contributed by atoms with E-state index in [-0.39, 0.29) is 18.0 Å². The van der Waals surface area contributed by atoms with Crippen molar-refractivity contribution in [2.75, 3.05) is 0 Å². The predicted molar refractivity (Wildman–Crippen MR) is 130 cm³/mol. The van der Waals surface area contributed by atoms with E-state index >= 15 is 0 Å². The number of carboxylic acid groups (broad SMARTS) is 1. The monoisotopic (exact) mass is 495 g/mol. The number of nitrogens with one attached hydrogen (secondary N) is 1. The van der Waals surface area contributed by atoms with Crippen LogP contribution in [0.5, 0.6) is 5.88 Å². The minimum atomic E-state index is -1.08. The minimum absolute atomic E-state index is 0.0802. The summed E-state index contributed by atoms with van der Waals surface area (Å²) < 4.78 is 1.14. The van der Waals surface area contributed by atoms with E-state index in [0.717, 1.165) is 15.8 Å². The molecule has 0 bridgehead atoms. The van der Waals surface area contributed by atoms with Crippen LogP contribution in [0, 0.1) is 0 Å². The first-order valence-corrected chi connectivity index (χ1v) is 11.0. The number of hydrogen-bond donors (Lipinski definition) is 3. The zero-order valence-corrected chi connectivity index (χ0v) is 19.2. The predicted octanol–water partition coefficient (Wildman–Crippen LogP) is 5.50. The van der Waals surface area contributed by atoms with Crippen LogP contribution in [-0.2, 0) is 4.79 Å². The molecule has 0 aliphatic heterocycles. The summed E-state index contributed by atoms with van der Waals surface area (Å²) in [5, 5.41) is 27.4. The summed E-state index contributed by atoms with van der Waals surface area (Å²) in [6.45, 7) is 0. The van der Waals surface area contributed by atoms with Gasteiger partial charge in [0, 0.05) is 11.1 Å². The molecule has 0 aliphatic rings. The van der Waals surface area contributed by atoms with Crippen LogP contribution < -0.4 is 5.32 Å². The van der Waals surface area contributed by atoms with Crippen molar-refractivity contribution < 1.29 is 19.8 Å². The summed E-state index contributed by atoms with van der Waals surface area (Å²) >= 11 is 12.2. The SMILES string of the molecule is O=C(O)CC(NC(=O)c1cc(O)n(-c2ccccc2Cl)n1)c1ccc(-c2cccc(Cl)c2)cc1. The van der Waals surface area contributed by atoms with Crippen LogP contribution in [-0.4, -0.2) is 31.9 Å². The molecule has 1 heterocycles. The van der Waals surface area contributed by atoms with E-state index in [1.54, 1.807) is 42.5 Å². The molecule has 0 aliphatic carbocycles. The Morgan fingerprint density at radius 1 is 0.941 bits per heavy atom. The number of aromatic nitrogens is 2. The maximum Gasteiger partial charge on any atom is 0.305 e. The number of aliphatic carboxylic acids is 1. The standard InChI is InChI=1S/C25H19Cl2N3O4/c26-18-5-3-4-17(12-18)15-8-10-16(11-9-15)20(14-24(32)33)28-25(34)21-13-23(31)30(29-21)22-7-2-1-6-19(22)27/h1-13,20,31H,14H2,(H,28,34)(H,32,33). The van der Waals surface area contributed by atoms with Crippen LogP contribution in [0.25, 0.3) is 16.8 Å². The molecule has 172 valence electrons. The Morgan fingerprint density at radius 3 is 2.35 bits per heavy atom. The number of carbonyl (C=O) groups excluding carboxylic acids is 1. The second kappa shape index (κ2) is 9.99. The molecule has 3 N–H and O–H groups in total. The van der Waals surface area contributed by atoms with E-state index in [2.05, 4.69) is 10.4 Å². The van der Waals surface area contributed by atoms with Crippen LogP contribution in [0.15, 0.2) is 78.9 Å². The van der Waals surface area contributed by atoms with Crippen molar-refractivity contribution >= 4 is 35.1 Å². The summed E-state index contributed by atoms with van der Waals surface area (Å²) in [7, 11) is 0. The van der Waals surface area contributed by atoms with Gasteiger partial charge in [-0.15, -0.1) is 0 Å². The van der Waals surface area contributed by atoms with Crippen molar-refractivity contribution in [3.63, 3.8) is 0 Å². The first-order valence-electron chi connectivity index (χ1n) is 10.2. The summed E-state index contributed by atoms with van der Waals surface area (Å²) in [5.74, 6) is -1.99. The molecular weight excluding hydrogens is 477 g/mol. The average molecular weight is 496 g/mol. The molecule has 1 unspecified atom stereocenters. The third kappa shape index (κ3) is 5.22. The third-order valence-corrected chi connectivity index (χ3v) is 5.71. The van der Waals surface area contributed by atoms with Gasteiger partial charge < -0.3 is 15.5 Å². The van der Waals surface area contributed by atoms with Crippen molar-refractivity contribution in [2.24, 2.45) is 0 Å². The molecule has 34 heavy (non-hydrogen) atoms. The molecule has 4 rings (SSSR count). The molecule has 9 heteroatoms. The maximum absolute atomic E-state index is 12.9. The molecule has 0 radical (unpaired) electrons. The number of hydrogen-bond acceptors (Lipinski definition) is 4. The first kappa shape index (κ1) is 23.4. The van der Waals surface area contributed by atoms with E-state index < -0.39 is 17.9 Å². The molecule has 7 nitrogen and oxygen atoms in total. The van der Waals surface area contributed by atoms with E-state index in [0.29, 0.717) is 21.3 Å². The molecule has 0 saturated heterocycles. The summed E-state index contributed by atoms with van der Waals surface area (Å²) in [6, 6.07) is 21.6. The highest BCUT2D eigenvalue weighted by molar-refractivity contribution is 6.32. The number of aromatic hydroxyl groups is 1. The highest BCUT2D eigenvalue weighted by Crippen LogP contribution is 2.27. The number of benzene rings is 3. The smallest absolute Gasteiger partial charge is 0.305 e. The fourth-order valence-electron chi connectivity index (χ4n) is 3.52. The molecule has 0 saturated carbocycles. The van der Waals surface area contributed by atoms with Gasteiger partial charge in [-0.1, -0.05) is 71.7 Å². The van der Waals surface area contributed by atoms with Gasteiger partial charge in [0.15, 0.2) is 5.69 Å². The van der Waals surface area contributed by atoms with E-state index in [1.807, 2.05) is 30.3 Å². The molecule has 1 atom stereocenters. The number of rotatable bonds is 7. The molecule has 1 aromatic heterocycles. The lowest BCUT2D eigenvalue weighted by Gasteiger charge is -2.17. The Labute approximate surface area is 205 Å². The lowest BCUT2D eigenvalue weighted by molar-refractivity contribution is -0.137. The largest absolute Gasteiger partial charge is 0.493 e. The van der Waals surface area contributed by atoms with Crippen molar-refractivity contribution in [1.29, 1.82) is 0 Å². The van der Waals surface area contributed by atoms with Crippen LogP contribution in [0.3, 0.4) is 0 Å². The lowest BCUT2D eigenvalue weighted by Crippen LogP contribution is -2.30. The molecular formula is C25H19Cl2N3O4. The van der Waals surface area contributed by atoms with Crippen LogP contribution >= 0.6 is 23.2 Å². The summed E-state index contributed by atoms with van der Waals surface area (Å²) in [5.41, 5.74) is 2.74. The van der Waals surface area contributed by atoms with Gasteiger partial charge in [-0.2, -0.15) is 9.78 Å². The fraction of sp³-hybridized carbons (Fsp3) is 0.0800. The van der Waals surface area contributed by atoms with Gasteiger partial charge in [-0.3, -0.25) is 9.59 Å². The van der Waals surface area contributed by atoms with Gasteiger partial charge in [0.1, 0.15) is 0 Å². The number of amides is 1. The topological polar surface area (TPSA) is 104 Å². The van der Waals surface area contributed by atoms with E-state index in [9.17, 15) is 19.8 Å². The van der Waals surface area contributed by atoms with Gasteiger partial charge in [0.25, 0.3) is 5.91 Å². The molecule has 4 aromatic rings. The highest BCUT2D eigenvalue weighted by atomic mass is 35.5. The Kier molecular flexibility index (Phi) is 6.86. The quantitative estimate of drug-likeness (QED) is 0.314. The lowest BCUT2D eigenvalue weighted by atomic mass is 9.99.